The molecule has 1 unspecified atom stereocenters. The van der Waals surface area contributed by atoms with E-state index in [9.17, 15) is 9.59 Å². The van der Waals surface area contributed by atoms with Crippen molar-refractivity contribution in [2.45, 2.75) is 5.92 Å². The zero-order valence-corrected chi connectivity index (χ0v) is 11.1. The van der Waals surface area contributed by atoms with Gasteiger partial charge < -0.3 is 10.1 Å². The predicted molar refractivity (Wildman–Crippen MR) is 68.4 cm³/mol. The standard InChI is InChI=1S/C12H14BrNO3/c1-17-12(16)14-8-10(11(15)7-13)9-5-3-2-4-6-9/h2-6,10H,7-8H2,1H3,(H,14,16). The van der Waals surface area contributed by atoms with Crippen LogP contribution in [-0.4, -0.2) is 30.9 Å². The Morgan fingerprint density at radius 2 is 2.00 bits per heavy atom. The maximum atomic E-state index is 11.8. The molecule has 0 aliphatic carbocycles. The maximum Gasteiger partial charge on any atom is 0.406 e. The number of Topliss-reactive ketones (excluding diaryl/α,β-unsaturated/α-hetero) is 1. The van der Waals surface area contributed by atoms with Gasteiger partial charge in [0.15, 0.2) is 5.78 Å². The number of halogens is 1. The third kappa shape index (κ3) is 4.19. The third-order valence-corrected chi connectivity index (χ3v) is 2.91. The van der Waals surface area contributed by atoms with Crippen LogP contribution in [0.1, 0.15) is 11.5 Å². The van der Waals surface area contributed by atoms with Gasteiger partial charge in [-0.25, -0.2) is 4.79 Å². The van der Waals surface area contributed by atoms with E-state index in [4.69, 9.17) is 0 Å². The van der Waals surface area contributed by atoms with Gasteiger partial charge in [-0.05, 0) is 5.56 Å². The van der Waals surface area contributed by atoms with E-state index in [-0.39, 0.29) is 23.6 Å². The Bertz CT molecular complexity index is 381. The van der Waals surface area contributed by atoms with E-state index in [2.05, 4.69) is 26.0 Å². The number of alkyl carbamates (subject to hydrolysis) is 1. The molecule has 1 aromatic rings. The highest BCUT2D eigenvalue weighted by molar-refractivity contribution is 9.09. The number of ether oxygens (including phenoxy) is 1. The lowest BCUT2D eigenvalue weighted by Crippen LogP contribution is -2.32. The van der Waals surface area contributed by atoms with E-state index in [1.165, 1.54) is 7.11 Å². The van der Waals surface area contributed by atoms with Gasteiger partial charge in [-0.1, -0.05) is 46.3 Å². The quantitative estimate of drug-likeness (QED) is 0.847. The molecule has 1 aromatic carbocycles. The smallest absolute Gasteiger partial charge is 0.406 e. The van der Waals surface area contributed by atoms with Gasteiger partial charge in [0.05, 0.1) is 18.4 Å². The van der Waals surface area contributed by atoms with Crippen LogP contribution in [0.5, 0.6) is 0 Å². The summed E-state index contributed by atoms with van der Waals surface area (Å²) in [5.74, 6) is -0.331. The fraction of sp³-hybridized carbons (Fsp3) is 0.333. The van der Waals surface area contributed by atoms with Crippen molar-refractivity contribution in [3.05, 3.63) is 35.9 Å². The van der Waals surface area contributed by atoms with Gasteiger partial charge >= 0.3 is 6.09 Å². The number of carbonyl (C=O) groups excluding carboxylic acids is 2. The van der Waals surface area contributed by atoms with E-state index < -0.39 is 6.09 Å². The minimum atomic E-state index is -0.534. The summed E-state index contributed by atoms with van der Waals surface area (Å²) in [4.78, 5) is 22.8. The summed E-state index contributed by atoms with van der Waals surface area (Å²) in [6.07, 6.45) is -0.534. The number of hydrogen-bond donors (Lipinski definition) is 1. The molecule has 1 amide bonds. The molecule has 92 valence electrons. The monoisotopic (exact) mass is 299 g/mol. The number of carbonyl (C=O) groups is 2. The van der Waals surface area contributed by atoms with Crippen LogP contribution in [-0.2, 0) is 9.53 Å². The van der Waals surface area contributed by atoms with Crippen molar-refractivity contribution in [2.75, 3.05) is 19.0 Å². The first kappa shape index (κ1) is 13.7. The Hall–Kier alpha value is -1.36. The summed E-state index contributed by atoms with van der Waals surface area (Å²) in [6.45, 7) is 0.237. The second-order valence-electron chi connectivity index (χ2n) is 3.44. The average molecular weight is 300 g/mol. The van der Waals surface area contributed by atoms with E-state index >= 15 is 0 Å². The van der Waals surface area contributed by atoms with Gasteiger partial charge in [-0.2, -0.15) is 0 Å². The largest absolute Gasteiger partial charge is 0.453 e. The lowest BCUT2D eigenvalue weighted by molar-refractivity contribution is -0.117. The Morgan fingerprint density at radius 1 is 1.35 bits per heavy atom. The molecular formula is C12H14BrNO3. The summed E-state index contributed by atoms with van der Waals surface area (Å²) in [5.41, 5.74) is 0.883. The van der Waals surface area contributed by atoms with Crippen molar-refractivity contribution < 1.29 is 14.3 Å². The zero-order valence-electron chi connectivity index (χ0n) is 9.48. The van der Waals surface area contributed by atoms with Crippen LogP contribution in [0.2, 0.25) is 0 Å². The number of ketones is 1. The highest BCUT2D eigenvalue weighted by Crippen LogP contribution is 2.16. The highest BCUT2D eigenvalue weighted by atomic mass is 79.9. The van der Waals surface area contributed by atoms with E-state index in [0.717, 1.165) is 5.56 Å². The van der Waals surface area contributed by atoms with Crippen LogP contribution in [0.4, 0.5) is 4.79 Å². The molecule has 5 heteroatoms. The lowest BCUT2D eigenvalue weighted by Gasteiger charge is -2.15. The second-order valence-corrected chi connectivity index (χ2v) is 4.00. The minimum Gasteiger partial charge on any atom is -0.453 e. The van der Waals surface area contributed by atoms with Gasteiger partial charge in [-0.3, -0.25) is 4.79 Å². The van der Waals surface area contributed by atoms with Crippen molar-refractivity contribution in [1.29, 1.82) is 0 Å². The van der Waals surface area contributed by atoms with Crippen LogP contribution in [0.25, 0.3) is 0 Å². The SMILES string of the molecule is COC(=O)NCC(C(=O)CBr)c1ccccc1. The number of amides is 1. The van der Waals surface area contributed by atoms with Crippen molar-refractivity contribution in [3.63, 3.8) is 0 Å². The molecule has 1 atom stereocenters. The molecule has 4 nitrogen and oxygen atoms in total. The van der Waals surface area contributed by atoms with E-state index in [1.807, 2.05) is 30.3 Å². The third-order valence-electron chi connectivity index (χ3n) is 2.36. The van der Waals surface area contributed by atoms with Crippen molar-refractivity contribution in [2.24, 2.45) is 0 Å². The molecule has 1 N–H and O–H groups in total. The van der Waals surface area contributed by atoms with Crippen LogP contribution in [0.15, 0.2) is 30.3 Å². The molecule has 0 aliphatic rings. The number of methoxy groups -OCH3 is 1. The fourth-order valence-corrected chi connectivity index (χ4v) is 1.84. The first-order valence-corrected chi connectivity index (χ1v) is 6.26. The molecular weight excluding hydrogens is 286 g/mol. The zero-order chi connectivity index (χ0) is 12.7. The van der Waals surface area contributed by atoms with Gasteiger partial charge in [0.1, 0.15) is 0 Å². The molecule has 0 spiro atoms. The van der Waals surface area contributed by atoms with Crippen LogP contribution in [0, 0.1) is 0 Å². The van der Waals surface area contributed by atoms with Gasteiger partial charge in [0.25, 0.3) is 0 Å². The average Bonchev–Trinajstić information content (AvgIpc) is 2.39. The molecule has 0 radical (unpaired) electrons. The first-order chi connectivity index (χ1) is 8.19. The number of alkyl halides is 1. The topological polar surface area (TPSA) is 55.4 Å². The molecule has 0 saturated carbocycles. The molecule has 17 heavy (non-hydrogen) atoms. The lowest BCUT2D eigenvalue weighted by atomic mass is 9.95. The van der Waals surface area contributed by atoms with Crippen LogP contribution in [0.3, 0.4) is 0 Å². The Morgan fingerprint density at radius 3 is 2.53 bits per heavy atom. The fourth-order valence-electron chi connectivity index (χ4n) is 1.45. The van der Waals surface area contributed by atoms with Gasteiger partial charge in [0.2, 0.25) is 0 Å². The van der Waals surface area contributed by atoms with Crippen molar-refractivity contribution in [1.82, 2.24) is 5.32 Å². The van der Waals surface area contributed by atoms with Gasteiger partial charge in [0, 0.05) is 6.54 Å². The molecule has 0 fully saturated rings. The summed E-state index contributed by atoms with van der Waals surface area (Å²) in [7, 11) is 1.29. The molecule has 0 aromatic heterocycles. The van der Waals surface area contributed by atoms with E-state index in [1.54, 1.807) is 0 Å². The highest BCUT2D eigenvalue weighted by Gasteiger charge is 2.20. The molecule has 0 saturated heterocycles. The first-order valence-electron chi connectivity index (χ1n) is 5.14. The summed E-state index contributed by atoms with van der Waals surface area (Å²) in [5, 5.41) is 2.80. The number of rotatable bonds is 5. The number of nitrogens with one attached hydrogen (secondary N) is 1. The second kappa shape index (κ2) is 7.06. The predicted octanol–water partition coefficient (Wildman–Crippen LogP) is 2.09. The Kier molecular flexibility index (Phi) is 5.69. The molecule has 0 aliphatic heterocycles. The van der Waals surface area contributed by atoms with Crippen LogP contribution >= 0.6 is 15.9 Å². The molecule has 0 heterocycles. The van der Waals surface area contributed by atoms with Gasteiger partial charge in [-0.15, -0.1) is 0 Å². The maximum absolute atomic E-state index is 11.8. The summed E-state index contributed by atoms with van der Waals surface area (Å²) < 4.78 is 4.48. The number of benzene rings is 1. The normalized spacial score (nSPS) is 11.6. The summed E-state index contributed by atoms with van der Waals surface area (Å²) >= 11 is 3.14. The van der Waals surface area contributed by atoms with E-state index in [0.29, 0.717) is 0 Å². The van der Waals surface area contributed by atoms with Crippen LogP contribution < -0.4 is 5.32 Å². The van der Waals surface area contributed by atoms with Crippen molar-refractivity contribution >= 4 is 27.8 Å². The molecule has 1 rings (SSSR count). The Labute approximate surface area is 108 Å². The number of hydrogen-bond acceptors (Lipinski definition) is 3. The summed E-state index contributed by atoms with van der Waals surface area (Å²) in [6, 6.07) is 9.34. The van der Waals surface area contributed by atoms with Crippen molar-refractivity contribution in [3.8, 4) is 0 Å². The minimum absolute atomic E-state index is 0.0209. The Balaban J connectivity index is 2.75. The molecule has 0 bridgehead atoms.